The first-order chi connectivity index (χ1) is 6.74. The van der Waals surface area contributed by atoms with Crippen LogP contribution in [0.15, 0.2) is 10.4 Å². The highest BCUT2D eigenvalue weighted by Gasteiger charge is 2.14. The van der Waals surface area contributed by atoms with Gasteiger partial charge in [0.05, 0.1) is 23.8 Å². The summed E-state index contributed by atoms with van der Waals surface area (Å²) in [7, 11) is 0. The van der Waals surface area contributed by atoms with E-state index in [1.54, 1.807) is 23.1 Å². The van der Waals surface area contributed by atoms with E-state index in [0.717, 1.165) is 29.0 Å². The van der Waals surface area contributed by atoms with E-state index in [1.165, 1.54) is 0 Å². The van der Waals surface area contributed by atoms with E-state index >= 15 is 0 Å². The molecule has 1 N–H and O–H groups in total. The monoisotopic (exact) mass is 227 g/mol. The Balaban J connectivity index is 1.83. The summed E-state index contributed by atoms with van der Waals surface area (Å²) in [6.07, 6.45) is 0. The molecule has 0 aromatic carbocycles. The maximum Gasteiger partial charge on any atom is 0.157 e. The molecule has 76 valence electrons. The van der Waals surface area contributed by atoms with Crippen LogP contribution in [0.2, 0.25) is 0 Å². The van der Waals surface area contributed by atoms with Crippen molar-refractivity contribution in [2.45, 2.75) is 25.6 Å². The van der Waals surface area contributed by atoms with Crippen molar-refractivity contribution in [1.29, 1.82) is 0 Å². The zero-order valence-corrected chi connectivity index (χ0v) is 9.91. The van der Waals surface area contributed by atoms with Crippen LogP contribution in [0.4, 0.5) is 0 Å². The third-order valence-electron chi connectivity index (χ3n) is 1.89. The normalized spacial score (nSPS) is 21.0. The second-order valence-electron chi connectivity index (χ2n) is 3.29. The number of hydrogen-bond acceptors (Lipinski definition) is 5. The number of thiazole rings is 1. The van der Waals surface area contributed by atoms with Crippen LogP contribution in [0.25, 0.3) is 0 Å². The number of aryl methyl sites for hydroxylation is 1. The fraction of sp³-hybridized carbons (Fsp3) is 0.556. The molecule has 2 heterocycles. The first-order valence-electron chi connectivity index (χ1n) is 4.60. The van der Waals surface area contributed by atoms with Crippen molar-refractivity contribution in [3.05, 3.63) is 16.1 Å². The Hall–Kier alpha value is -0.550. The van der Waals surface area contributed by atoms with Crippen LogP contribution in [-0.4, -0.2) is 21.9 Å². The average Bonchev–Trinajstić information content (AvgIpc) is 2.72. The highest BCUT2D eigenvalue weighted by atomic mass is 32.2. The first-order valence-corrected chi connectivity index (χ1v) is 6.36. The number of amidine groups is 1. The Morgan fingerprint density at radius 3 is 3.07 bits per heavy atom. The molecule has 1 aliphatic rings. The van der Waals surface area contributed by atoms with Crippen molar-refractivity contribution in [1.82, 2.24) is 10.3 Å². The topological polar surface area (TPSA) is 37.3 Å². The van der Waals surface area contributed by atoms with E-state index in [1.807, 2.05) is 6.92 Å². The Labute approximate surface area is 92.0 Å². The van der Waals surface area contributed by atoms with Gasteiger partial charge in [0.15, 0.2) is 5.17 Å². The molecule has 0 spiro atoms. The van der Waals surface area contributed by atoms with Crippen molar-refractivity contribution in [2.24, 2.45) is 4.99 Å². The van der Waals surface area contributed by atoms with Crippen LogP contribution in [0.1, 0.15) is 17.6 Å². The number of thioether (sulfide) groups is 1. The van der Waals surface area contributed by atoms with E-state index in [0.29, 0.717) is 5.25 Å². The highest BCUT2D eigenvalue weighted by molar-refractivity contribution is 8.14. The first kappa shape index (κ1) is 9.98. The zero-order valence-electron chi connectivity index (χ0n) is 8.28. The van der Waals surface area contributed by atoms with Crippen molar-refractivity contribution in [3.63, 3.8) is 0 Å². The summed E-state index contributed by atoms with van der Waals surface area (Å²) >= 11 is 3.50. The van der Waals surface area contributed by atoms with E-state index in [-0.39, 0.29) is 0 Å². The fourth-order valence-corrected chi connectivity index (χ4v) is 2.68. The van der Waals surface area contributed by atoms with Crippen molar-refractivity contribution >= 4 is 28.3 Å². The molecule has 0 fully saturated rings. The van der Waals surface area contributed by atoms with E-state index in [2.05, 4.69) is 27.6 Å². The van der Waals surface area contributed by atoms with Crippen molar-refractivity contribution in [2.75, 3.05) is 6.54 Å². The van der Waals surface area contributed by atoms with E-state index < -0.39 is 0 Å². The zero-order chi connectivity index (χ0) is 9.97. The van der Waals surface area contributed by atoms with Gasteiger partial charge in [-0.3, -0.25) is 4.99 Å². The quantitative estimate of drug-likeness (QED) is 0.840. The number of aromatic nitrogens is 1. The lowest BCUT2D eigenvalue weighted by Gasteiger charge is -2.03. The second kappa shape index (κ2) is 4.31. The molecular formula is C9H13N3S2. The summed E-state index contributed by atoms with van der Waals surface area (Å²) in [5.74, 6) is 0. The molecule has 14 heavy (non-hydrogen) atoms. The number of hydrogen-bond donors (Lipinski definition) is 1. The molecule has 0 saturated heterocycles. The van der Waals surface area contributed by atoms with Gasteiger partial charge in [-0.1, -0.05) is 18.7 Å². The third kappa shape index (κ3) is 2.48. The van der Waals surface area contributed by atoms with Gasteiger partial charge in [-0.05, 0) is 6.92 Å². The Kier molecular flexibility index (Phi) is 3.08. The minimum absolute atomic E-state index is 0.620. The Morgan fingerprint density at radius 2 is 2.50 bits per heavy atom. The fourth-order valence-electron chi connectivity index (χ4n) is 1.23. The summed E-state index contributed by atoms with van der Waals surface area (Å²) < 4.78 is 0. The lowest BCUT2D eigenvalue weighted by atomic mass is 10.5. The van der Waals surface area contributed by atoms with Gasteiger partial charge < -0.3 is 5.32 Å². The molecule has 0 amide bonds. The lowest BCUT2D eigenvalue weighted by molar-refractivity contribution is 0.882. The van der Waals surface area contributed by atoms with Gasteiger partial charge in [0, 0.05) is 10.6 Å². The maximum absolute atomic E-state index is 4.38. The van der Waals surface area contributed by atoms with Gasteiger partial charge in [0.25, 0.3) is 0 Å². The smallest absolute Gasteiger partial charge is 0.157 e. The number of rotatable bonds is 2. The molecule has 1 aliphatic heterocycles. The molecule has 1 unspecified atom stereocenters. The van der Waals surface area contributed by atoms with Crippen LogP contribution in [0, 0.1) is 6.92 Å². The molecule has 0 aliphatic carbocycles. The largest absolute Gasteiger partial charge is 0.359 e. The third-order valence-corrected chi connectivity index (χ3v) is 3.76. The van der Waals surface area contributed by atoms with Crippen molar-refractivity contribution < 1.29 is 0 Å². The summed E-state index contributed by atoms with van der Waals surface area (Å²) in [5.41, 5.74) is 1.11. The Morgan fingerprint density at radius 1 is 1.64 bits per heavy atom. The summed E-state index contributed by atoms with van der Waals surface area (Å²) in [6.45, 7) is 5.94. The van der Waals surface area contributed by atoms with Crippen LogP contribution in [0.5, 0.6) is 0 Å². The maximum atomic E-state index is 4.38. The van der Waals surface area contributed by atoms with Crippen LogP contribution in [-0.2, 0) is 6.54 Å². The van der Waals surface area contributed by atoms with Crippen LogP contribution < -0.4 is 5.32 Å². The van der Waals surface area contributed by atoms with Gasteiger partial charge in [0.1, 0.15) is 0 Å². The Bertz CT molecular complexity index is 346. The lowest BCUT2D eigenvalue weighted by Crippen LogP contribution is -2.18. The molecular weight excluding hydrogens is 214 g/mol. The van der Waals surface area contributed by atoms with Gasteiger partial charge in [-0.15, -0.1) is 11.3 Å². The van der Waals surface area contributed by atoms with Crippen LogP contribution >= 0.6 is 23.1 Å². The van der Waals surface area contributed by atoms with Gasteiger partial charge in [-0.25, -0.2) is 4.98 Å². The summed E-state index contributed by atoms with van der Waals surface area (Å²) in [6, 6.07) is 0. The molecule has 0 radical (unpaired) electrons. The average molecular weight is 227 g/mol. The van der Waals surface area contributed by atoms with Gasteiger partial charge in [0.2, 0.25) is 0 Å². The summed E-state index contributed by atoms with van der Waals surface area (Å²) in [4.78, 5) is 8.77. The minimum atomic E-state index is 0.620. The second-order valence-corrected chi connectivity index (χ2v) is 5.78. The molecule has 0 saturated carbocycles. The molecule has 3 nitrogen and oxygen atoms in total. The number of aliphatic imine (C=N–C) groups is 1. The molecule has 5 heteroatoms. The van der Waals surface area contributed by atoms with E-state index in [9.17, 15) is 0 Å². The van der Waals surface area contributed by atoms with Gasteiger partial charge in [-0.2, -0.15) is 0 Å². The SMILES string of the molecule is Cc1nc(CNC2=NCC(C)S2)cs1. The molecule has 1 atom stereocenters. The predicted molar refractivity (Wildman–Crippen MR) is 63.0 cm³/mol. The number of nitrogens with zero attached hydrogens (tertiary/aromatic N) is 2. The van der Waals surface area contributed by atoms with Crippen molar-refractivity contribution in [3.8, 4) is 0 Å². The number of nitrogens with one attached hydrogen (secondary N) is 1. The molecule has 2 rings (SSSR count). The molecule has 1 aromatic heterocycles. The standard InChI is InChI=1S/C9H13N3S2/c1-6-3-10-9(14-6)11-4-8-5-13-7(2)12-8/h5-6H,3-4H2,1-2H3,(H,10,11). The van der Waals surface area contributed by atoms with E-state index in [4.69, 9.17) is 0 Å². The molecule has 0 bridgehead atoms. The highest BCUT2D eigenvalue weighted by Crippen LogP contribution is 2.18. The molecule has 1 aromatic rings. The summed E-state index contributed by atoms with van der Waals surface area (Å²) in [5, 5.41) is 8.19. The predicted octanol–water partition coefficient (Wildman–Crippen LogP) is 2.03. The van der Waals surface area contributed by atoms with Crippen LogP contribution in [0.3, 0.4) is 0 Å². The van der Waals surface area contributed by atoms with Gasteiger partial charge >= 0.3 is 0 Å². The minimum Gasteiger partial charge on any atom is -0.359 e.